The summed E-state index contributed by atoms with van der Waals surface area (Å²) >= 11 is 6.78. The van der Waals surface area contributed by atoms with Crippen LogP contribution in [0, 0.1) is 0 Å². The Bertz CT molecular complexity index is 631. The van der Waals surface area contributed by atoms with Crippen LogP contribution < -0.4 is 10.2 Å². The number of halogens is 1. The monoisotopic (exact) mass is 326 g/mol. The van der Waals surface area contributed by atoms with Crippen molar-refractivity contribution in [1.82, 2.24) is 15.3 Å². The fourth-order valence-corrected chi connectivity index (χ4v) is 2.86. The van der Waals surface area contributed by atoms with Gasteiger partial charge < -0.3 is 9.64 Å². The van der Waals surface area contributed by atoms with Crippen LogP contribution in [-0.4, -0.2) is 47.4 Å². The zero-order valence-electron chi connectivity index (χ0n) is 10.8. The minimum atomic E-state index is -0.423. The van der Waals surface area contributed by atoms with Crippen LogP contribution in [0.5, 0.6) is 0 Å². The maximum absolute atomic E-state index is 11.5. The van der Waals surface area contributed by atoms with Gasteiger partial charge in [-0.2, -0.15) is 0 Å². The molecule has 0 bridgehead atoms. The Balaban J connectivity index is 1.89. The third-order valence-corrected chi connectivity index (χ3v) is 3.94. The van der Waals surface area contributed by atoms with Crippen molar-refractivity contribution >= 4 is 46.4 Å². The first kappa shape index (κ1) is 14.3. The fourth-order valence-electron chi connectivity index (χ4n) is 2.01. The molecule has 2 aliphatic heterocycles. The third-order valence-electron chi connectivity index (χ3n) is 2.96. The van der Waals surface area contributed by atoms with E-state index in [0.29, 0.717) is 29.6 Å². The van der Waals surface area contributed by atoms with Gasteiger partial charge in [0.05, 0.1) is 23.8 Å². The van der Waals surface area contributed by atoms with Gasteiger partial charge in [-0.3, -0.25) is 14.9 Å². The summed E-state index contributed by atoms with van der Waals surface area (Å²) in [4.78, 5) is 33.3. The SMILES string of the molecule is O=C1NC(=O)/C(=C\c2cc(N3CCOCC3)nc(Cl)n2)S1. The van der Waals surface area contributed by atoms with Crippen LogP contribution in [-0.2, 0) is 9.53 Å². The molecular weight excluding hydrogens is 316 g/mol. The highest BCUT2D eigenvalue weighted by atomic mass is 35.5. The van der Waals surface area contributed by atoms with Gasteiger partial charge in [-0.05, 0) is 29.4 Å². The largest absolute Gasteiger partial charge is 0.378 e. The number of hydrogen-bond acceptors (Lipinski definition) is 7. The molecule has 0 spiro atoms. The molecule has 2 amide bonds. The van der Waals surface area contributed by atoms with E-state index in [1.54, 1.807) is 6.07 Å². The van der Waals surface area contributed by atoms with Crippen molar-refractivity contribution in [3.63, 3.8) is 0 Å². The molecule has 0 aliphatic carbocycles. The number of morpholine rings is 1. The van der Waals surface area contributed by atoms with Crippen LogP contribution >= 0.6 is 23.4 Å². The van der Waals surface area contributed by atoms with Crippen molar-refractivity contribution in [1.29, 1.82) is 0 Å². The van der Waals surface area contributed by atoms with Crippen molar-refractivity contribution in [3.8, 4) is 0 Å². The summed E-state index contributed by atoms with van der Waals surface area (Å²) in [7, 11) is 0. The van der Waals surface area contributed by atoms with Crippen LogP contribution in [0.1, 0.15) is 5.69 Å². The van der Waals surface area contributed by atoms with Crippen molar-refractivity contribution in [2.45, 2.75) is 0 Å². The quantitative estimate of drug-likeness (QED) is 0.647. The number of amides is 2. The number of rotatable bonds is 2. The summed E-state index contributed by atoms with van der Waals surface area (Å²) in [5.74, 6) is 0.257. The maximum atomic E-state index is 11.5. The minimum Gasteiger partial charge on any atom is -0.378 e. The molecule has 0 unspecified atom stereocenters. The second kappa shape index (κ2) is 6.00. The zero-order valence-corrected chi connectivity index (χ0v) is 12.4. The maximum Gasteiger partial charge on any atom is 0.290 e. The standard InChI is InChI=1S/C12H11ClN4O3S/c13-11-14-7(5-8-10(18)16-12(19)21-8)6-9(15-11)17-1-3-20-4-2-17/h5-6H,1-4H2,(H,16,18,19)/b8-5+. The summed E-state index contributed by atoms with van der Waals surface area (Å²) in [6, 6.07) is 1.74. The summed E-state index contributed by atoms with van der Waals surface area (Å²) in [5.41, 5.74) is 0.490. The van der Waals surface area contributed by atoms with Gasteiger partial charge in [0.25, 0.3) is 11.1 Å². The molecule has 0 saturated carbocycles. The van der Waals surface area contributed by atoms with Gasteiger partial charge in [0.15, 0.2) is 0 Å². The molecule has 3 heterocycles. The lowest BCUT2D eigenvalue weighted by atomic mass is 10.3. The van der Waals surface area contributed by atoms with Crippen LogP contribution in [0.4, 0.5) is 10.6 Å². The van der Waals surface area contributed by atoms with Crippen LogP contribution in [0.3, 0.4) is 0 Å². The lowest BCUT2D eigenvalue weighted by Gasteiger charge is -2.27. The third kappa shape index (κ3) is 3.34. The number of carbonyl (C=O) groups is 2. The first-order valence-corrected chi connectivity index (χ1v) is 7.43. The van der Waals surface area contributed by atoms with Gasteiger partial charge in [-0.1, -0.05) is 0 Å². The second-order valence-electron chi connectivity index (χ2n) is 4.37. The minimum absolute atomic E-state index is 0.0978. The van der Waals surface area contributed by atoms with Crippen molar-refractivity contribution in [2.24, 2.45) is 0 Å². The van der Waals surface area contributed by atoms with Gasteiger partial charge in [0, 0.05) is 19.2 Å². The van der Waals surface area contributed by atoms with Crippen LogP contribution in [0.15, 0.2) is 11.0 Å². The molecule has 9 heteroatoms. The highest BCUT2D eigenvalue weighted by molar-refractivity contribution is 8.18. The Morgan fingerprint density at radius 3 is 2.76 bits per heavy atom. The van der Waals surface area contributed by atoms with E-state index in [9.17, 15) is 9.59 Å². The Morgan fingerprint density at radius 1 is 1.33 bits per heavy atom. The first-order chi connectivity index (χ1) is 10.1. The summed E-state index contributed by atoms with van der Waals surface area (Å²) in [6.45, 7) is 2.70. The predicted octanol–water partition coefficient (Wildman–Crippen LogP) is 1.29. The molecule has 0 aromatic carbocycles. The molecule has 1 aromatic heterocycles. The van der Waals surface area contributed by atoms with Gasteiger partial charge >= 0.3 is 0 Å². The highest BCUT2D eigenvalue weighted by Gasteiger charge is 2.25. The Hall–Kier alpha value is -1.64. The van der Waals surface area contributed by atoms with Crippen LogP contribution in [0.2, 0.25) is 5.28 Å². The van der Waals surface area contributed by atoms with E-state index in [1.165, 1.54) is 6.08 Å². The molecule has 2 fully saturated rings. The number of thioether (sulfide) groups is 1. The number of ether oxygens (including phenoxy) is 1. The summed E-state index contributed by atoms with van der Waals surface area (Å²) < 4.78 is 5.29. The molecule has 1 aromatic rings. The van der Waals surface area contributed by atoms with Crippen molar-refractivity contribution in [2.75, 3.05) is 31.2 Å². The molecular formula is C12H11ClN4O3S. The summed E-state index contributed by atoms with van der Waals surface area (Å²) in [5, 5.41) is 1.90. The van der Waals surface area contributed by atoms with Gasteiger partial charge in [-0.25, -0.2) is 9.97 Å². The molecule has 2 aliphatic rings. The molecule has 21 heavy (non-hydrogen) atoms. The Morgan fingerprint density at radius 2 is 2.10 bits per heavy atom. The Labute approximate surface area is 129 Å². The predicted molar refractivity (Wildman–Crippen MR) is 79.2 cm³/mol. The molecule has 0 radical (unpaired) electrons. The first-order valence-electron chi connectivity index (χ1n) is 6.24. The number of imide groups is 1. The van der Waals surface area contributed by atoms with Crippen molar-refractivity contribution in [3.05, 3.63) is 21.9 Å². The molecule has 2 saturated heterocycles. The van der Waals surface area contributed by atoms with E-state index in [2.05, 4.69) is 15.3 Å². The molecule has 110 valence electrons. The van der Waals surface area contributed by atoms with E-state index in [1.807, 2.05) is 4.90 Å². The number of nitrogens with one attached hydrogen (secondary N) is 1. The number of anilines is 1. The van der Waals surface area contributed by atoms with Crippen LogP contribution in [0.25, 0.3) is 6.08 Å². The van der Waals surface area contributed by atoms with Crippen molar-refractivity contribution < 1.29 is 14.3 Å². The van der Waals surface area contributed by atoms with Gasteiger partial charge in [0.1, 0.15) is 5.82 Å². The number of aromatic nitrogens is 2. The lowest BCUT2D eigenvalue weighted by molar-refractivity contribution is -0.115. The highest BCUT2D eigenvalue weighted by Crippen LogP contribution is 2.26. The van der Waals surface area contributed by atoms with E-state index >= 15 is 0 Å². The van der Waals surface area contributed by atoms with E-state index in [0.717, 1.165) is 24.9 Å². The topological polar surface area (TPSA) is 84.4 Å². The normalized spacial score (nSPS) is 21.0. The van der Waals surface area contributed by atoms with Gasteiger partial charge in [0.2, 0.25) is 5.28 Å². The number of hydrogen-bond donors (Lipinski definition) is 1. The lowest BCUT2D eigenvalue weighted by Crippen LogP contribution is -2.36. The smallest absolute Gasteiger partial charge is 0.290 e. The number of nitrogens with zero attached hydrogens (tertiary/aromatic N) is 3. The zero-order chi connectivity index (χ0) is 14.8. The average Bonchev–Trinajstić information content (AvgIpc) is 2.77. The summed E-state index contributed by atoms with van der Waals surface area (Å²) in [6.07, 6.45) is 1.53. The Kier molecular flexibility index (Phi) is 4.09. The molecule has 3 rings (SSSR count). The van der Waals surface area contributed by atoms with Gasteiger partial charge in [-0.15, -0.1) is 0 Å². The average molecular weight is 327 g/mol. The fraction of sp³-hybridized carbons (Fsp3) is 0.333. The molecule has 0 atom stereocenters. The van der Waals surface area contributed by atoms with E-state index in [4.69, 9.17) is 16.3 Å². The molecule has 7 nitrogen and oxygen atoms in total. The second-order valence-corrected chi connectivity index (χ2v) is 5.72. The molecule has 1 N–H and O–H groups in total. The van der Waals surface area contributed by atoms with E-state index < -0.39 is 5.91 Å². The van der Waals surface area contributed by atoms with E-state index in [-0.39, 0.29) is 10.5 Å². The number of carbonyl (C=O) groups excluding carboxylic acids is 2.